The zero-order chi connectivity index (χ0) is 22.6. The van der Waals surface area contributed by atoms with E-state index in [1.807, 2.05) is 12.1 Å². The van der Waals surface area contributed by atoms with Gasteiger partial charge in [-0.05, 0) is 40.4 Å². The number of amides is 1. The van der Waals surface area contributed by atoms with Crippen molar-refractivity contribution in [1.29, 1.82) is 0 Å². The highest BCUT2D eigenvalue weighted by Gasteiger charge is 2.34. The van der Waals surface area contributed by atoms with Crippen LogP contribution in [-0.2, 0) is 4.79 Å². The van der Waals surface area contributed by atoms with Crippen LogP contribution in [0, 0.1) is 5.41 Å². The molecule has 7 nitrogen and oxygen atoms in total. The standard InChI is InChI=1S/C24H22ClN3O4/c1-24(2)11-28(12-24)14-6-4-13(5-7-14)15-8-16-18(9-17(15)25)26-23(30)21(16)22(29)19-10-20(31-3)27-32-19/h4-10,29H,11-12H2,1-3H3,(H,26,30)/b22-21+. The molecule has 1 saturated heterocycles. The minimum atomic E-state index is -0.447. The van der Waals surface area contributed by atoms with Crippen LogP contribution in [0.4, 0.5) is 11.4 Å². The Morgan fingerprint density at radius 3 is 2.53 bits per heavy atom. The van der Waals surface area contributed by atoms with Crippen LogP contribution in [0.15, 0.2) is 47.0 Å². The molecule has 164 valence electrons. The van der Waals surface area contributed by atoms with Gasteiger partial charge in [-0.25, -0.2) is 0 Å². The normalized spacial score (nSPS) is 18.1. The zero-order valence-corrected chi connectivity index (χ0v) is 18.7. The summed E-state index contributed by atoms with van der Waals surface area (Å²) in [5.41, 5.74) is 4.35. The maximum absolute atomic E-state index is 12.6. The minimum absolute atomic E-state index is 0.0400. The smallest absolute Gasteiger partial charge is 0.260 e. The number of halogens is 1. The first-order chi connectivity index (χ1) is 15.3. The Hall–Kier alpha value is -3.45. The average Bonchev–Trinajstić information content (AvgIpc) is 3.34. The van der Waals surface area contributed by atoms with Crippen molar-refractivity contribution in [3.8, 4) is 17.0 Å². The van der Waals surface area contributed by atoms with Crippen molar-refractivity contribution >= 4 is 40.2 Å². The molecule has 2 aliphatic heterocycles. The van der Waals surface area contributed by atoms with Crippen LogP contribution in [0.1, 0.15) is 25.2 Å². The molecule has 2 aliphatic rings. The molecule has 0 atom stereocenters. The molecule has 0 unspecified atom stereocenters. The summed E-state index contributed by atoms with van der Waals surface area (Å²) in [6.45, 7) is 6.57. The summed E-state index contributed by atoms with van der Waals surface area (Å²) < 4.78 is 10.1. The summed E-state index contributed by atoms with van der Waals surface area (Å²) in [4.78, 5) is 15.0. The highest BCUT2D eigenvalue weighted by atomic mass is 35.5. The molecule has 2 N–H and O–H groups in total. The van der Waals surface area contributed by atoms with E-state index in [2.05, 4.69) is 41.4 Å². The summed E-state index contributed by atoms with van der Waals surface area (Å²) in [6.07, 6.45) is 0. The van der Waals surface area contributed by atoms with Crippen LogP contribution in [0.25, 0.3) is 22.5 Å². The first kappa shape index (κ1) is 20.5. The number of carbonyl (C=O) groups excluding carboxylic acids is 1. The molecule has 0 radical (unpaired) electrons. The quantitative estimate of drug-likeness (QED) is 0.417. The Labute approximate surface area is 190 Å². The summed E-state index contributed by atoms with van der Waals surface area (Å²) in [7, 11) is 1.44. The van der Waals surface area contributed by atoms with Gasteiger partial charge in [0.25, 0.3) is 11.8 Å². The van der Waals surface area contributed by atoms with Crippen molar-refractivity contribution in [2.75, 3.05) is 30.4 Å². The lowest BCUT2D eigenvalue weighted by Gasteiger charge is -2.47. The van der Waals surface area contributed by atoms with Crippen molar-refractivity contribution in [3.63, 3.8) is 0 Å². The Morgan fingerprint density at radius 2 is 1.91 bits per heavy atom. The Morgan fingerprint density at radius 1 is 1.19 bits per heavy atom. The molecular weight excluding hydrogens is 430 g/mol. The lowest BCUT2D eigenvalue weighted by atomic mass is 9.84. The number of anilines is 2. The third-order valence-electron chi connectivity index (χ3n) is 5.80. The van der Waals surface area contributed by atoms with Gasteiger partial charge in [0.05, 0.1) is 29.5 Å². The van der Waals surface area contributed by atoms with Crippen molar-refractivity contribution in [3.05, 3.63) is 58.8 Å². The van der Waals surface area contributed by atoms with Gasteiger partial charge in [0.1, 0.15) is 0 Å². The minimum Gasteiger partial charge on any atom is -0.504 e. The molecule has 3 heterocycles. The predicted molar refractivity (Wildman–Crippen MR) is 124 cm³/mol. The molecule has 0 spiro atoms. The Bertz CT molecular complexity index is 1250. The number of benzene rings is 2. The molecular formula is C24H22ClN3O4. The first-order valence-electron chi connectivity index (χ1n) is 10.2. The number of nitrogens with zero attached hydrogens (tertiary/aromatic N) is 2. The fraction of sp³-hybridized carbons (Fsp3) is 0.250. The van der Waals surface area contributed by atoms with Gasteiger partial charge in [0.2, 0.25) is 5.76 Å². The first-order valence-corrected chi connectivity index (χ1v) is 10.6. The maximum atomic E-state index is 12.6. The van der Waals surface area contributed by atoms with E-state index in [-0.39, 0.29) is 23.0 Å². The summed E-state index contributed by atoms with van der Waals surface area (Å²) >= 11 is 6.55. The topological polar surface area (TPSA) is 87.8 Å². The number of aliphatic hydroxyl groups excluding tert-OH is 1. The van der Waals surface area contributed by atoms with E-state index in [0.717, 1.165) is 24.2 Å². The molecule has 1 fully saturated rings. The van der Waals surface area contributed by atoms with E-state index in [4.69, 9.17) is 20.9 Å². The second-order valence-corrected chi connectivity index (χ2v) is 9.26. The van der Waals surface area contributed by atoms with Gasteiger partial charge in [-0.1, -0.05) is 37.6 Å². The predicted octanol–water partition coefficient (Wildman–Crippen LogP) is 5.23. The molecule has 0 aliphatic carbocycles. The van der Waals surface area contributed by atoms with Crippen LogP contribution in [0.5, 0.6) is 5.88 Å². The van der Waals surface area contributed by atoms with Gasteiger partial charge in [0.15, 0.2) is 5.76 Å². The number of fused-ring (bicyclic) bond motifs is 1. The van der Waals surface area contributed by atoms with Crippen molar-refractivity contribution in [1.82, 2.24) is 5.16 Å². The van der Waals surface area contributed by atoms with E-state index >= 15 is 0 Å². The Kier molecular flexibility index (Phi) is 4.67. The summed E-state index contributed by atoms with van der Waals surface area (Å²) in [5, 5.41) is 17.7. The van der Waals surface area contributed by atoms with Gasteiger partial charge in [0, 0.05) is 29.9 Å². The zero-order valence-electron chi connectivity index (χ0n) is 17.9. The lowest BCUT2D eigenvalue weighted by Crippen LogP contribution is -2.53. The molecule has 1 aromatic heterocycles. The van der Waals surface area contributed by atoms with Crippen molar-refractivity contribution < 1.29 is 19.2 Å². The van der Waals surface area contributed by atoms with Gasteiger partial charge in [-0.2, -0.15) is 0 Å². The fourth-order valence-corrected chi connectivity index (χ4v) is 4.53. The fourth-order valence-electron chi connectivity index (χ4n) is 4.26. The highest BCUT2D eigenvalue weighted by molar-refractivity contribution is 6.38. The highest BCUT2D eigenvalue weighted by Crippen LogP contribution is 2.43. The molecule has 8 heteroatoms. The second-order valence-electron chi connectivity index (χ2n) is 8.86. The number of rotatable bonds is 4. The van der Waals surface area contributed by atoms with Crippen LogP contribution in [0.3, 0.4) is 0 Å². The van der Waals surface area contributed by atoms with Crippen LogP contribution in [-0.4, -0.2) is 36.4 Å². The van der Waals surface area contributed by atoms with Crippen LogP contribution < -0.4 is 15.0 Å². The van der Waals surface area contributed by atoms with E-state index in [1.54, 1.807) is 12.1 Å². The van der Waals surface area contributed by atoms with E-state index < -0.39 is 5.91 Å². The number of methoxy groups -OCH3 is 1. The van der Waals surface area contributed by atoms with Crippen LogP contribution >= 0.6 is 11.6 Å². The summed E-state index contributed by atoms with van der Waals surface area (Å²) in [5.74, 6) is -0.524. The average molecular weight is 452 g/mol. The van der Waals surface area contributed by atoms with E-state index in [0.29, 0.717) is 21.7 Å². The molecule has 0 bridgehead atoms. The van der Waals surface area contributed by atoms with Crippen molar-refractivity contribution in [2.24, 2.45) is 5.41 Å². The Balaban J connectivity index is 1.52. The summed E-state index contributed by atoms with van der Waals surface area (Å²) in [6, 6.07) is 13.1. The van der Waals surface area contributed by atoms with E-state index in [9.17, 15) is 9.90 Å². The number of carbonyl (C=O) groups is 1. The maximum Gasteiger partial charge on any atom is 0.260 e. The second kappa shape index (κ2) is 7.31. The molecule has 32 heavy (non-hydrogen) atoms. The lowest BCUT2D eigenvalue weighted by molar-refractivity contribution is -0.110. The number of hydrogen-bond donors (Lipinski definition) is 2. The molecule has 1 amide bonds. The largest absolute Gasteiger partial charge is 0.504 e. The molecule has 0 saturated carbocycles. The number of aromatic nitrogens is 1. The van der Waals surface area contributed by atoms with Crippen LogP contribution in [0.2, 0.25) is 5.02 Å². The van der Waals surface area contributed by atoms with Gasteiger partial charge >= 0.3 is 0 Å². The third-order valence-corrected chi connectivity index (χ3v) is 6.11. The number of hydrogen-bond acceptors (Lipinski definition) is 6. The monoisotopic (exact) mass is 451 g/mol. The number of aliphatic hydroxyl groups is 1. The molecule has 5 rings (SSSR count). The number of nitrogens with one attached hydrogen (secondary N) is 1. The number of ether oxygens (including phenoxy) is 1. The van der Waals surface area contributed by atoms with Gasteiger partial charge < -0.3 is 24.6 Å². The molecule has 2 aromatic carbocycles. The molecule has 3 aromatic rings. The van der Waals surface area contributed by atoms with Gasteiger partial charge in [-0.15, -0.1) is 0 Å². The van der Waals surface area contributed by atoms with Crippen molar-refractivity contribution in [2.45, 2.75) is 13.8 Å². The SMILES string of the molecule is COc1cc(/C(O)=C2\C(=O)Nc3cc(Cl)c(-c4ccc(N5CC(C)(C)C5)cc4)cc32)on1. The third kappa shape index (κ3) is 3.39. The van der Waals surface area contributed by atoms with E-state index in [1.165, 1.54) is 18.9 Å². The van der Waals surface area contributed by atoms with Gasteiger partial charge in [-0.3, -0.25) is 4.79 Å².